The van der Waals surface area contributed by atoms with Gasteiger partial charge in [0.2, 0.25) is 0 Å². The van der Waals surface area contributed by atoms with Crippen molar-refractivity contribution in [2.75, 3.05) is 5.32 Å². The smallest absolute Gasteiger partial charge is 0.293 e. The summed E-state index contributed by atoms with van der Waals surface area (Å²) in [5.41, 5.74) is 0.734. The maximum atomic E-state index is 11.0. The van der Waals surface area contributed by atoms with Crippen molar-refractivity contribution >= 4 is 17.7 Å². The van der Waals surface area contributed by atoms with Gasteiger partial charge >= 0.3 is 0 Å². The van der Waals surface area contributed by atoms with Gasteiger partial charge in [-0.3, -0.25) is 14.9 Å². The number of carbonyl (C=O) groups excluding carboxylic acids is 1. The average molecular weight is 278 g/mol. The summed E-state index contributed by atoms with van der Waals surface area (Å²) >= 11 is 0. The third-order valence-electron chi connectivity index (χ3n) is 3.18. The molecule has 1 unspecified atom stereocenters. The Morgan fingerprint density at radius 2 is 2.00 bits per heavy atom. The highest BCUT2D eigenvalue weighted by atomic mass is 16.6. The van der Waals surface area contributed by atoms with Crippen molar-refractivity contribution in [2.45, 2.75) is 46.1 Å². The Hall–Kier alpha value is -1.91. The second-order valence-corrected chi connectivity index (χ2v) is 5.52. The first kappa shape index (κ1) is 16.1. The largest absolute Gasteiger partial charge is 0.377 e. The van der Waals surface area contributed by atoms with E-state index < -0.39 is 4.92 Å². The number of rotatable bonds is 8. The SMILES string of the molecule is CC(C)CCCC(C)Nc1ccc(C=O)cc1[N+](=O)[O-]. The summed E-state index contributed by atoms with van der Waals surface area (Å²) in [5, 5.41) is 14.2. The molecule has 0 amide bonds. The first-order chi connectivity index (χ1) is 9.43. The summed E-state index contributed by atoms with van der Waals surface area (Å²) < 4.78 is 0. The van der Waals surface area contributed by atoms with Gasteiger partial charge in [-0.15, -0.1) is 0 Å². The second-order valence-electron chi connectivity index (χ2n) is 5.52. The molecular formula is C15H22N2O3. The molecule has 0 aliphatic carbocycles. The number of hydrogen-bond acceptors (Lipinski definition) is 4. The van der Waals surface area contributed by atoms with Crippen LogP contribution in [0.15, 0.2) is 18.2 Å². The number of aldehydes is 1. The summed E-state index contributed by atoms with van der Waals surface area (Å²) in [5.74, 6) is 0.670. The fourth-order valence-electron chi connectivity index (χ4n) is 2.06. The van der Waals surface area contributed by atoms with Crippen molar-refractivity contribution in [1.29, 1.82) is 0 Å². The van der Waals surface area contributed by atoms with E-state index in [4.69, 9.17) is 0 Å². The Morgan fingerprint density at radius 1 is 1.30 bits per heavy atom. The topological polar surface area (TPSA) is 72.2 Å². The van der Waals surface area contributed by atoms with E-state index in [1.165, 1.54) is 6.07 Å². The molecule has 0 saturated carbocycles. The minimum atomic E-state index is -0.462. The fourth-order valence-corrected chi connectivity index (χ4v) is 2.06. The van der Waals surface area contributed by atoms with Crippen LogP contribution in [0.5, 0.6) is 0 Å². The molecule has 0 heterocycles. The number of carbonyl (C=O) groups is 1. The number of anilines is 1. The van der Waals surface area contributed by atoms with Crippen LogP contribution in [0.3, 0.4) is 0 Å². The highest BCUT2D eigenvalue weighted by Crippen LogP contribution is 2.26. The van der Waals surface area contributed by atoms with Crippen molar-refractivity contribution in [2.24, 2.45) is 5.92 Å². The zero-order valence-corrected chi connectivity index (χ0v) is 12.3. The normalized spacial score (nSPS) is 12.2. The van der Waals surface area contributed by atoms with E-state index in [1.807, 2.05) is 6.92 Å². The molecule has 0 aliphatic heterocycles. The molecule has 0 fully saturated rings. The Bertz CT molecular complexity index is 472. The second kappa shape index (κ2) is 7.62. The molecular weight excluding hydrogens is 256 g/mol. The van der Waals surface area contributed by atoms with E-state index in [9.17, 15) is 14.9 Å². The van der Waals surface area contributed by atoms with Gasteiger partial charge in [-0.1, -0.05) is 26.7 Å². The lowest BCUT2D eigenvalue weighted by Gasteiger charge is -2.16. The van der Waals surface area contributed by atoms with Crippen molar-refractivity contribution in [3.8, 4) is 0 Å². The average Bonchev–Trinajstić information content (AvgIpc) is 2.38. The van der Waals surface area contributed by atoms with E-state index in [2.05, 4.69) is 19.2 Å². The molecule has 1 atom stereocenters. The van der Waals surface area contributed by atoms with Crippen LogP contribution >= 0.6 is 0 Å². The highest BCUT2D eigenvalue weighted by molar-refractivity contribution is 5.79. The first-order valence-electron chi connectivity index (χ1n) is 6.94. The van der Waals surface area contributed by atoms with Gasteiger partial charge in [-0.25, -0.2) is 0 Å². The zero-order valence-electron chi connectivity index (χ0n) is 12.3. The molecule has 0 aliphatic rings. The predicted molar refractivity (Wildman–Crippen MR) is 80.3 cm³/mol. The van der Waals surface area contributed by atoms with Crippen LogP contribution in [-0.2, 0) is 0 Å². The maximum absolute atomic E-state index is 11.0. The molecule has 0 bridgehead atoms. The van der Waals surface area contributed by atoms with Gasteiger partial charge in [-0.2, -0.15) is 0 Å². The van der Waals surface area contributed by atoms with E-state index in [0.29, 0.717) is 23.5 Å². The molecule has 0 spiro atoms. The quantitative estimate of drug-likeness (QED) is 0.442. The van der Waals surface area contributed by atoms with Crippen molar-refractivity contribution in [3.05, 3.63) is 33.9 Å². The zero-order chi connectivity index (χ0) is 15.1. The van der Waals surface area contributed by atoms with Crippen LogP contribution < -0.4 is 5.32 Å². The number of nitro groups is 1. The third-order valence-corrected chi connectivity index (χ3v) is 3.18. The van der Waals surface area contributed by atoms with Crippen LogP contribution in [0.2, 0.25) is 0 Å². The van der Waals surface area contributed by atoms with Gasteiger partial charge in [0, 0.05) is 17.7 Å². The first-order valence-corrected chi connectivity index (χ1v) is 6.94. The van der Waals surface area contributed by atoms with Crippen LogP contribution in [0.25, 0.3) is 0 Å². The lowest BCUT2D eigenvalue weighted by atomic mass is 10.0. The van der Waals surface area contributed by atoms with E-state index in [-0.39, 0.29) is 11.7 Å². The van der Waals surface area contributed by atoms with Gasteiger partial charge in [0.15, 0.2) is 0 Å². The van der Waals surface area contributed by atoms with E-state index >= 15 is 0 Å². The van der Waals surface area contributed by atoms with Crippen LogP contribution in [0.4, 0.5) is 11.4 Å². The highest BCUT2D eigenvalue weighted by Gasteiger charge is 2.16. The molecule has 110 valence electrons. The number of nitro benzene ring substituents is 1. The van der Waals surface area contributed by atoms with Gasteiger partial charge in [0.1, 0.15) is 12.0 Å². The van der Waals surface area contributed by atoms with Crippen molar-refractivity contribution < 1.29 is 9.72 Å². The molecule has 1 N–H and O–H groups in total. The minimum absolute atomic E-state index is 0.0506. The standard InChI is InChI=1S/C15H22N2O3/c1-11(2)5-4-6-12(3)16-14-8-7-13(10-18)9-15(14)17(19)20/h7-12,16H,4-6H2,1-3H3. The van der Waals surface area contributed by atoms with Gasteiger partial charge in [0.05, 0.1) is 4.92 Å². The molecule has 1 aromatic carbocycles. The third kappa shape index (κ3) is 4.99. The van der Waals surface area contributed by atoms with Gasteiger partial charge < -0.3 is 5.32 Å². The van der Waals surface area contributed by atoms with Gasteiger partial charge in [0.25, 0.3) is 5.69 Å². The predicted octanol–water partition coefficient (Wildman–Crippen LogP) is 4.03. The molecule has 0 radical (unpaired) electrons. The molecule has 1 aromatic rings. The number of benzene rings is 1. The number of hydrogen-bond donors (Lipinski definition) is 1. The maximum Gasteiger partial charge on any atom is 0.293 e. The fraction of sp³-hybridized carbons (Fsp3) is 0.533. The summed E-state index contributed by atoms with van der Waals surface area (Å²) in [6.07, 6.45) is 3.82. The summed E-state index contributed by atoms with van der Waals surface area (Å²) in [4.78, 5) is 21.2. The molecule has 0 aromatic heterocycles. The Kier molecular flexibility index (Phi) is 6.15. The summed E-state index contributed by atoms with van der Waals surface area (Å²) in [6.45, 7) is 6.37. The molecule has 5 nitrogen and oxygen atoms in total. The van der Waals surface area contributed by atoms with E-state index in [0.717, 1.165) is 19.3 Å². The van der Waals surface area contributed by atoms with Crippen LogP contribution in [0.1, 0.15) is 50.4 Å². The molecule has 1 rings (SSSR count). The lowest BCUT2D eigenvalue weighted by molar-refractivity contribution is -0.384. The lowest BCUT2D eigenvalue weighted by Crippen LogP contribution is -2.16. The molecule has 20 heavy (non-hydrogen) atoms. The Morgan fingerprint density at radius 3 is 2.55 bits per heavy atom. The molecule has 0 saturated heterocycles. The van der Waals surface area contributed by atoms with Crippen molar-refractivity contribution in [1.82, 2.24) is 0 Å². The number of nitrogens with one attached hydrogen (secondary N) is 1. The Labute approximate surface area is 119 Å². The number of nitrogens with zero attached hydrogens (tertiary/aromatic N) is 1. The van der Waals surface area contributed by atoms with Gasteiger partial charge in [-0.05, 0) is 31.4 Å². The summed E-state index contributed by atoms with van der Waals surface area (Å²) in [6, 6.07) is 4.65. The molecule has 5 heteroatoms. The van der Waals surface area contributed by atoms with Crippen LogP contribution in [-0.4, -0.2) is 17.3 Å². The van der Waals surface area contributed by atoms with Crippen molar-refractivity contribution in [3.63, 3.8) is 0 Å². The van der Waals surface area contributed by atoms with E-state index in [1.54, 1.807) is 12.1 Å². The monoisotopic (exact) mass is 278 g/mol. The minimum Gasteiger partial charge on any atom is -0.377 e. The summed E-state index contributed by atoms with van der Waals surface area (Å²) in [7, 11) is 0. The van der Waals surface area contributed by atoms with Crippen LogP contribution in [0, 0.1) is 16.0 Å². The Balaban J connectivity index is 2.71.